The number of hydrogen-bond donors (Lipinski definition) is 2. The topological polar surface area (TPSA) is 75.6 Å². The van der Waals surface area contributed by atoms with Crippen LogP contribution in [0.3, 0.4) is 0 Å². The standard InChI is InChI=1S/C9H17NO4S/c1-3-14-6-15-5-4-8(9(12)13)10-7(2)11/h8H,3-6H2,1-2H3,(H,10,11)(H,12,13). The Balaban J connectivity index is 3.67. The fraction of sp³-hybridized carbons (Fsp3) is 0.778. The molecule has 0 aliphatic carbocycles. The van der Waals surface area contributed by atoms with E-state index in [4.69, 9.17) is 9.84 Å². The molecule has 5 nitrogen and oxygen atoms in total. The van der Waals surface area contributed by atoms with Gasteiger partial charge in [0.05, 0.1) is 5.94 Å². The molecule has 0 aromatic heterocycles. The van der Waals surface area contributed by atoms with E-state index in [-0.39, 0.29) is 5.91 Å². The van der Waals surface area contributed by atoms with Crippen LogP contribution in [0.4, 0.5) is 0 Å². The average Bonchev–Trinajstić information content (AvgIpc) is 2.15. The van der Waals surface area contributed by atoms with Crippen LogP contribution in [0.2, 0.25) is 0 Å². The minimum atomic E-state index is -0.998. The summed E-state index contributed by atoms with van der Waals surface area (Å²) in [6, 6.07) is -0.795. The molecule has 0 aliphatic heterocycles. The van der Waals surface area contributed by atoms with Gasteiger partial charge in [0.2, 0.25) is 5.91 Å². The second-order valence-electron chi connectivity index (χ2n) is 2.90. The number of carboxylic acids is 1. The third-order valence-electron chi connectivity index (χ3n) is 1.60. The van der Waals surface area contributed by atoms with Gasteiger partial charge in [-0.2, -0.15) is 0 Å². The van der Waals surface area contributed by atoms with Crippen molar-refractivity contribution in [2.24, 2.45) is 0 Å². The summed E-state index contributed by atoms with van der Waals surface area (Å²) < 4.78 is 5.09. The monoisotopic (exact) mass is 235 g/mol. The number of thioether (sulfide) groups is 1. The lowest BCUT2D eigenvalue weighted by Crippen LogP contribution is -2.39. The highest BCUT2D eigenvalue weighted by molar-refractivity contribution is 7.99. The smallest absolute Gasteiger partial charge is 0.326 e. The first kappa shape index (κ1) is 14.2. The Hall–Kier alpha value is -0.750. The first-order chi connectivity index (χ1) is 7.07. The van der Waals surface area contributed by atoms with Crippen molar-refractivity contribution in [3.63, 3.8) is 0 Å². The maximum absolute atomic E-state index is 10.7. The van der Waals surface area contributed by atoms with Crippen molar-refractivity contribution < 1.29 is 19.4 Å². The molecule has 88 valence electrons. The minimum Gasteiger partial charge on any atom is -0.480 e. The summed E-state index contributed by atoms with van der Waals surface area (Å²) in [4.78, 5) is 21.4. The van der Waals surface area contributed by atoms with Crippen molar-refractivity contribution in [3.8, 4) is 0 Å². The molecule has 0 aliphatic rings. The van der Waals surface area contributed by atoms with Gasteiger partial charge in [0.1, 0.15) is 6.04 Å². The maximum Gasteiger partial charge on any atom is 0.326 e. The molecule has 15 heavy (non-hydrogen) atoms. The van der Waals surface area contributed by atoms with E-state index in [1.54, 1.807) is 0 Å². The van der Waals surface area contributed by atoms with Crippen molar-refractivity contribution in [1.82, 2.24) is 5.32 Å². The number of carbonyl (C=O) groups excluding carboxylic acids is 1. The molecular weight excluding hydrogens is 218 g/mol. The van der Waals surface area contributed by atoms with Gasteiger partial charge in [-0.3, -0.25) is 4.79 Å². The maximum atomic E-state index is 10.7. The van der Waals surface area contributed by atoms with Gasteiger partial charge in [0.15, 0.2) is 0 Å². The highest BCUT2D eigenvalue weighted by Gasteiger charge is 2.17. The van der Waals surface area contributed by atoms with Crippen LogP contribution in [0, 0.1) is 0 Å². The molecule has 0 rings (SSSR count). The quantitative estimate of drug-likeness (QED) is 0.478. The Morgan fingerprint density at radius 1 is 1.53 bits per heavy atom. The summed E-state index contributed by atoms with van der Waals surface area (Å²) >= 11 is 1.51. The highest BCUT2D eigenvalue weighted by atomic mass is 32.2. The Morgan fingerprint density at radius 3 is 2.67 bits per heavy atom. The van der Waals surface area contributed by atoms with Crippen LogP contribution in [0.1, 0.15) is 20.3 Å². The zero-order chi connectivity index (χ0) is 11.7. The van der Waals surface area contributed by atoms with Crippen molar-refractivity contribution in [2.75, 3.05) is 18.3 Å². The predicted molar refractivity (Wildman–Crippen MR) is 58.8 cm³/mol. The summed E-state index contributed by atoms with van der Waals surface area (Å²) in [6.45, 7) is 3.86. The van der Waals surface area contributed by atoms with Crippen LogP contribution in [0.5, 0.6) is 0 Å². The number of carbonyl (C=O) groups is 2. The Bertz CT molecular complexity index is 210. The number of aliphatic carboxylic acids is 1. The van der Waals surface area contributed by atoms with E-state index in [0.29, 0.717) is 24.7 Å². The molecular formula is C9H17NO4S. The van der Waals surface area contributed by atoms with Gasteiger partial charge in [-0.25, -0.2) is 4.79 Å². The van der Waals surface area contributed by atoms with E-state index in [1.165, 1.54) is 18.7 Å². The van der Waals surface area contributed by atoms with Gasteiger partial charge in [0.25, 0.3) is 0 Å². The molecule has 6 heteroatoms. The van der Waals surface area contributed by atoms with Gasteiger partial charge >= 0.3 is 5.97 Å². The minimum absolute atomic E-state index is 0.322. The number of amides is 1. The Kier molecular flexibility index (Phi) is 8.12. The first-order valence-electron chi connectivity index (χ1n) is 4.73. The fourth-order valence-corrected chi connectivity index (χ4v) is 1.71. The molecule has 0 spiro atoms. The molecule has 0 saturated carbocycles. The van der Waals surface area contributed by atoms with E-state index in [0.717, 1.165) is 0 Å². The normalized spacial score (nSPS) is 12.1. The molecule has 0 fully saturated rings. The Morgan fingerprint density at radius 2 is 2.20 bits per heavy atom. The largest absolute Gasteiger partial charge is 0.480 e. The van der Waals surface area contributed by atoms with E-state index >= 15 is 0 Å². The molecule has 0 aromatic rings. The zero-order valence-corrected chi connectivity index (χ0v) is 9.80. The zero-order valence-electron chi connectivity index (χ0n) is 8.99. The summed E-state index contributed by atoms with van der Waals surface area (Å²) in [5, 5.41) is 11.1. The molecule has 0 saturated heterocycles. The van der Waals surface area contributed by atoms with Crippen LogP contribution in [0.25, 0.3) is 0 Å². The molecule has 1 unspecified atom stereocenters. The molecule has 1 amide bonds. The van der Waals surface area contributed by atoms with Crippen molar-refractivity contribution in [1.29, 1.82) is 0 Å². The van der Waals surface area contributed by atoms with Crippen molar-refractivity contribution in [3.05, 3.63) is 0 Å². The summed E-state index contributed by atoms with van der Waals surface area (Å²) in [5.41, 5.74) is 0. The van der Waals surface area contributed by atoms with E-state index < -0.39 is 12.0 Å². The first-order valence-corrected chi connectivity index (χ1v) is 5.88. The fourth-order valence-electron chi connectivity index (χ4n) is 0.905. The summed E-state index contributed by atoms with van der Waals surface area (Å²) in [5.74, 6) is -0.111. The molecule has 1 atom stereocenters. The van der Waals surface area contributed by atoms with Gasteiger partial charge in [-0.05, 0) is 19.1 Å². The van der Waals surface area contributed by atoms with E-state index in [1.807, 2.05) is 6.92 Å². The lowest BCUT2D eigenvalue weighted by atomic mass is 10.2. The molecule has 0 aromatic carbocycles. The van der Waals surface area contributed by atoms with E-state index in [9.17, 15) is 9.59 Å². The van der Waals surface area contributed by atoms with Crippen LogP contribution in [-0.4, -0.2) is 41.3 Å². The SMILES string of the molecule is CCOCSCCC(NC(C)=O)C(=O)O. The lowest BCUT2D eigenvalue weighted by molar-refractivity contribution is -0.141. The van der Waals surface area contributed by atoms with Gasteiger partial charge < -0.3 is 15.2 Å². The second kappa shape index (κ2) is 8.55. The van der Waals surface area contributed by atoms with Crippen molar-refractivity contribution >= 4 is 23.6 Å². The second-order valence-corrected chi connectivity index (χ2v) is 3.95. The molecule has 0 radical (unpaired) electrons. The van der Waals surface area contributed by atoms with Crippen LogP contribution in [0.15, 0.2) is 0 Å². The molecule has 0 heterocycles. The number of rotatable bonds is 8. The summed E-state index contributed by atoms with van der Waals surface area (Å²) in [6.07, 6.45) is 0.409. The third-order valence-corrected chi connectivity index (χ3v) is 2.45. The van der Waals surface area contributed by atoms with Crippen LogP contribution >= 0.6 is 11.8 Å². The lowest BCUT2D eigenvalue weighted by Gasteiger charge is -2.12. The highest BCUT2D eigenvalue weighted by Crippen LogP contribution is 2.05. The van der Waals surface area contributed by atoms with Crippen LogP contribution < -0.4 is 5.32 Å². The van der Waals surface area contributed by atoms with E-state index in [2.05, 4.69) is 5.32 Å². The number of nitrogens with one attached hydrogen (secondary N) is 1. The molecule has 0 bridgehead atoms. The number of ether oxygens (including phenoxy) is 1. The number of carboxylic acid groups (broad SMARTS) is 1. The number of hydrogen-bond acceptors (Lipinski definition) is 4. The summed E-state index contributed by atoms with van der Waals surface area (Å²) in [7, 11) is 0. The molecule has 2 N–H and O–H groups in total. The van der Waals surface area contributed by atoms with Gasteiger partial charge in [0, 0.05) is 13.5 Å². The average molecular weight is 235 g/mol. The van der Waals surface area contributed by atoms with Gasteiger partial charge in [-0.1, -0.05) is 0 Å². The van der Waals surface area contributed by atoms with Crippen molar-refractivity contribution in [2.45, 2.75) is 26.3 Å². The third kappa shape index (κ3) is 8.26. The van der Waals surface area contributed by atoms with Crippen LogP contribution in [-0.2, 0) is 14.3 Å². The Labute approximate surface area is 93.6 Å². The van der Waals surface area contributed by atoms with Gasteiger partial charge in [-0.15, -0.1) is 11.8 Å². The predicted octanol–water partition coefficient (Wildman–Crippen LogP) is 0.693.